The number of nitrogen functional groups attached to an aromatic ring is 1. The van der Waals surface area contributed by atoms with Crippen LogP contribution in [0.5, 0.6) is 5.75 Å². The Balaban J connectivity index is 1.41. The molecule has 2 heterocycles. The fourth-order valence-electron chi connectivity index (χ4n) is 3.95. The van der Waals surface area contributed by atoms with E-state index >= 15 is 0 Å². The maximum Gasteiger partial charge on any atom is 0.157 e. The van der Waals surface area contributed by atoms with Crippen LogP contribution in [0.1, 0.15) is 16.7 Å². The van der Waals surface area contributed by atoms with Crippen molar-refractivity contribution in [2.45, 2.75) is 20.4 Å². The maximum atomic E-state index is 6.45. The fraction of sp³-hybridized carbons (Fsp3) is 0.333. The van der Waals surface area contributed by atoms with Gasteiger partial charge in [-0.15, -0.1) is 0 Å². The molecule has 31 heavy (non-hydrogen) atoms. The zero-order chi connectivity index (χ0) is 21.8. The summed E-state index contributed by atoms with van der Waals surface area (Å²) < 4.78 is 5.21. The molecule has 0 radical (unpaired) electrons. The predicted octanol–water partition coefficient (Wildman–Crippen LogP) is 3.62. The average molecular weight is 419 g/mol. The number of hydrogen-bond acceptors (Lipinski definition) is 7. The van der Waals surface area contributed by atoms with Crippen molar-refractivity contribution in [2.75, 3.05) is 54.1 Å². The van der Waals surface area contributed by atoms with Crippen LogP contribution >= 0.6 is 0 Å². The summed E-state index contributed by atoms with van der Waals surface area (Å²) in [4.78, 5) is 13.5. The van der Waals surface area contributed by atoms with Gasteiger partial charge >= 0.3 is 0 Å². The van der Waals surface area contributed by atoms with E-state index in [1.54, 1.807) is 13.4 Å². The molecule has 0 spiro atoms. The summed E-state index contributed by atoms with van der Waals surface area (Å²) in [6.07, 6.45) is 1.58. The van der Waals surface area contributed by atoms with Gasteiger partial charge in [-0.25, -0.2) is 9.97 Å². The highest BCUT2D eigenvalue weighted by atomic mass is 16.5. The highest BCUT2D eigenvalue weighted by Gasteiger charge is 2.22. The van der Waals surface area contributed by atoms with Crippen molar-refractivity contribution in [2.24, 2.45) is 0 Å². The van der Waals surface area contributed by atoms with Gasteiger partial charge < -0.3 is 25.6 Å². The molecule has 3 aromatic rings. The highest BCUT2D eigenvalue weighted by Crippen LogP contribution is 2.29. The maximum absolute atomic E-state index is 6.45. The number of hydrogen-bond donors (Lipinski definition) is 2. The van der Waals surface area contributed by atoms with Crippen LogP contribution in [0.3, 0.4) is 0 Å². The fourth-order valence-corrected chi connectivity index (χ4v) is 3.95. The number of methoxy groups -OCH3 is 1. The Bertz CT molecular complexity index is 1030. The quantitative estimate of drug-likeness (QED) is 0.633. The van der Waals surface area contributed by atoms with E-state index in [4.69, 9.17) is 10.5 Å². The number of rotatable bonds is 6. The van der Waals surface area contributed by atoms with E-state index in [1.165, 1.54) is 16.8 Å². The Morgan fingerprint density at radius 1 is 0.968 bits per heavy atom. The van der Waals surface area contributed by atoms with Crippen molar-refractivity contribution in [1.82, 2.24) is 9.97 Å². The Morgan fingerprint density at radius 2 is 1.68 bits per heavy atom. The molecule has 0 unspecified atom stereocenters. The zero-order valence-corrected chi connectivity index (χ0v) is 18.4. The molecule has 3 N–H and O–H groups in total. The Morgan fingerprint density at radius 3 is 2.39 bits per heavy atom. The van der Waals surface area contributed by atoms with Crippen LogP contribution in [0.4, 0.5) is 23.0 Å². The van der Waals surface area contributed by atoms with Gasteiger partial charge in [0.1, 0.15) is 17.8 Å². The first-order valence-electron chi connectivity index (χ1n) is 10.6. The van der Waals surface area contributed by atoms with Crippen molar-refractivity contribution >= 4 is 23.0 Å². The number of ether oxygens (including phenoxy) is 1. The number of aromatic nitrogens is 2. The van der Waals surface area contributed by atoms with Crippen LogP contribution in [0.25, 0.3) is 0 Å². The molecule has 0 saturated carbocycles. The standard InChI is InChI=1S/C24H30N6O/c1-17-5-4-6-21(18(17)2)29-11-13-30(14-12-29)24-22(25)23(27-16-28-24)26-15-19-7-9-20(31-3)10-8-19/h4-10,16H,11-15,25H2,1-3H3,(H,26,27,28). The van der Waals surface area contributed by atoms with Crippen LogP contribution in [0.2, 0.25) is 0 Å². The van der Waals surface area contributed by atoms with Crippen molar-refractivity contribution in [3.8, 4) is 5.75 Å². The Kier molecular flexibility index (Phi) is 6.11. The molecule has 0 bridgehead atoms. The first-order valence-corrected chi connectivity index (χ1v) is 10.6. The van der Waals surface area contributed by atoms with Gasteiger partial charge in [-0.1, -0.05) is 24.3 Å². The monoisotopic (exact) mass is 418 g/mol. The van der Waals surface area contributed by atoms with Crippen molar-refractivity contribution in [3.05, 3.63) is 65.5 Å². The topological polar surface area (TPSA) is 79.5 Å². The predicted molar refractivity (Wildman–Crippen MR) is 127 cm³/mol. The van der Waals surface area contributed by atoms with Crippen molar-refractivity contribution in [1.29, 1.82) is 0 Å². The van der Waals surface area contributed by atoms with E-state index in [1.807, 2.05) is 24.3 Å². The van der Waals surface area contributed by atoms with Gasteiger partial charge in [0.15, 0.2) is 11.6 Å². The van der Waals surface area contributed by atoms with Gasteiger partial charge in [0.25, 0.3) is 0 Å². The van der Waals surface area contributed by atoms with Crippen molar-refractivity contribution in [3.63, 3.8) is 0 Å². The van der Waals surface area contributed by atoms with Gasteiger partial charge in [-0.3, -0.25) is 0 Å². The second-order valence-electron chi connectivity index (χ2n) is 7.85. The van der Waals surface area contributed by atoms with Gasteiger partial charge in [-0.2, -0.15) is 0 Å². The molecular formula is C24H30N6O. The van der Waals surface area contributed by atoms with Crippen LogP contribution in [-0.2, 0) is 6.54 Å². The normalized spacial score (nSPS) is 13.9. The van der Waals surface area contributed by atoms with Crippen LogP contribution < -0.4 is 25.6 Å². The van der Waals surface area contributed by atoms with Crippen LogP contribution in [0, 0.1) is 13.8 Å². The molecule has 7 heteroatoms. The number of anilines is 4. The number of nitrogens with one attached hydrogen (secondary N) is 1. The number of aryl methyl sites for hydroxylation is 1. The summed E-state index contributed by atoms with van der Waals surface area (Å²) in [5, 5.41) is 3.34. The lowest BCUT2D eigenvalue weighted by Gasteiger charge is -2.38. The van der Waals surface area contributed by atoms with Gasteiger partial charge in [0.05, 0.1) is 7.11 Å². The van der Waals surface area contributed by atoms with E-state index in [2.05, 4.69) is 57.1 Å². The van der Waals surface area contributed by atoms with E-state index in [-0.39, 0.29) is 0 Å². The number of nitrogens with two attached hydrogens (primary N) is 1. The molecule has 0 aliphatic carbocycles. The lowest BCUT2D eigenvalue weighted by molar-refractivity contribution is 0.414. The van der Waals surface area contributed by atoms with Crippen LogP contribution in [-0.4, -0.2) is 43.3 Å². The minimum atomic E-state index is 0.594. The summed E-state index contributed by atoms with van der Waals surface area (Å²) in [5.74, 6) is 2.30. The lowest BCUT2D eigenvalue weighted by Crippen LogP contribution is -2.47. The molecule has 0 amide bonds. The first kappa shape index (κ1) is 20.8. The molecule has 1 saturated heterocycles. The third kappa shape index (κ3) is 4.50. The number of benzene rings is 2. The number of nitrogens with zero attached hydrogens (tertiary/aromatic N) is 4. The minimum Gasteiger partial charge on any atom is -0.497 e. The summed E-state index contributed by atoms with van der Waals surface area (Å²) in [5.41, 5.74) is 12.2. The second-order valence-corrected chi connectivity index (χ2v) is 7.85. The molecule has 2 aromatic carbocycles. The minimum absolute atomic E-state index is 0.594. The summed E-state index contributed by atoms with van der Waals surface area (Å²) >= 11 is 0. The van der Waals surface area contributed by atoms with E-state index in [0.29, 0.717) is 18.1 Å². The third-order valence-corrected chi connectivity index (χ3v) is 5.98. The smallest absolute Gasteiger partial charge is 0.157 e. The third-order valence-electron chi connectivity index (χ3n) is 5.98. The zero-order valence-electron chi connectivity index (χ0n) is 18.4. The molecule has 1 aromatic heterocycles. The summed E-state index contributed by atoms with van der Waals surface area (Å²) in [6, 6.07) is 14.4. The van der Waals surface area contributed by atoms with E-state index in [0.717, 1.165) is 43.3 Å². The Labute approximate surface area is 183 Å². The molecule has 1 aliphatic heterocycles. The van der Waals surface area contributed by atoms with E-state index in [9.17, 15) is 0 Å². The summed E-state index contributed by atoms with van der Waals surface area (Å²) in [6.45, 7) is 8.59. The molecular weight excluding hydrogens is 388 g/mol. The first-order chi connectivity index (χ1) is 15.1. The Hall–Kier alpha value is -3.48. The van der Waals surface area contributed by atoms with Crippen molar-refractivity contribution < 1.29 is 4.74 Å². The molecule has 1 fully saturated rings. The van der Waals surface area contributed by atoms with Gasteiger partial charge in [0, 0.05) is 38.4 Å². The average Bonchev–Trinajstić information content (AvgIpc) is 2.81. The van der Waals surface area contributed by atoms with Gasteiger partial charge in [0.2, 0.25) is 0 Å². The largest absolute Gasteiger partial charge is 0.497 e. The highest BCUT2D eigenvalue weighted by molar-refractivity contribution is 5.75. The van der Waals surface area contributed by atoms with E-state index < -0.39 is 0 Å². The van der Waals surface area contributed by atoms with Gasteiger partial charge in [-0.05, 0) is 48.7 Å². The number of piperazine rings is 1. The lowest BCUT2D eigenvalue weighted by atomic mass is 10.1. The molecule has 0 atom stereocenters. The molecule has 162 valence electrons. The summed E-state index contributed by atoms with van der Waals surface area (Å²) in [7, 11) is 1.66. The molecule has 1 aliphatic rings. The molecule has 4 rings (SSSR count). The van der Waals surface area contributed by atoms with Crippen LogP contribution in [0.15, 0.2) is 48.8 Å². The molecule has 7 nitrogen and oxygen atoms in total. The SMILES string of the molecule is COc1ccc(CNc2ncnc(N3CCN(c4cccc(C)c4C)CC3)c2N)cc1. The second kappa shape index (κ2) is 9.12.